The number of carbonyl (C=O) groups excluding carboxylic acids is 1. The first kappa shape index (κ1) is 15.4. The molecule has 0 bridgehead atoms. The molecule has 1 aliphatic heterocycles. The molecule has 6 nitrogen and oxygen atoms in total. The Bertz CT molecular complexity index is 926. The molecule has 1 N–H and O–H groups in total. The van der Waals surface area contributed by atoms with Crippen LogP contribution in [0.4, 0.5) is 0 Å². The fraction of sp³-hybridized carbons (Fsp3) is 0.211. The van der Waals surface area contributed by atoms with Crippen LogP contribution in [-0.2, 0) is 4.79 Å². The number of para-hydroxylation sites is 2. The van der Waals surface area contributed by atoms with Crippen molar-refractivity contribution in [3.05, 3.63) is 59.9 Å². The number of hydrogen-bond acceptors (Lipinski definition) is 4. The van der Waals surface area contributed by atoms with E-state index < -0.39 is 0 Å². The van der Waals surface area contributed by atoms with Crippen molar-refractivity contribution in [2.45, 2.75) is 19.4 Å². The van der Waals surface area contributed by atoms with Crippen molar-refractivity contribution in [3.63, 3.8) is 0 Å². The molecule has 2 aromatic carbocycles. The third kappa shape index (κ3) is 2.76. The number of imidazole rings is 1. The summed E-state index contributed by atoms with van der Waals surface area (Å²) in [7, 11) is 1.64. The maximum Gasteiger partial charge on any atom is 0.240 e. The number of ether oxygens (including phenoxy) is 1. The van der Waals surface area contributed by atoms with Crippen molar-refractivity contribution < 1.29 is 9.53 Å². The number of aromatic amines is 1. The third-order valence-electron chi connectivity index (χ3n) is 4.38. The Kier molecular flexibility index (Phi) is 3.72. The largest absolute Gasteiger partial charge is 0.497 e. The lowest BCUT2D eigenvalue weighted by Gasteiger charge is -2.17. The lowest BCUT2D eigenvalue weighted by atomic mass is 10.0. The highest BCUT2D eigenvalue weighted by Crippen LogP contribution is 2.32. The van der Waals surface area contributed by atoms with Crippen LogP contribution in [0.5, 0.6) is 5.75 Å². The van der Waals surface area contributed by atoms with E-state index in [9.17, 15) is 4.79 Å². The van der Waals surface area contributed by atoms with Crippen molar-refractivity contribution in [2.75, 3.05) is 7.11 Å². The van der Waals surface area contributed by atoms with E-state index in [2.05, 4.69) is 15.1 Å². The number of rotatable bonds is 3. The van der Waals surface area contributed by atoms with Crippen LogP contribution in [0.25, 0.3) is 11.0 Å². The SMILES string of the molecule is COc1ccc(C2=NN(C(C)=O)[C@H](c3nc4ccccc4[nH]3)C2)cc1. The number of fused-ring (bicyclic) bond motifs is 1. The van der Waals surface area contributed by atoms with Crippen LogP contribution in [0.15, 0.2) is 53.6 Å². The van der Waals surface area contributed by atoms with Gasteiger partial charge >= 0.3 is 0 Å². The van der Waals surface area contributed by atoms with Crippen molar-refractivity contribution in [1.29, 1.82) is 0 Å². The number of H-pyrrole nitrogens is 1. The number of amides is 1. The molecule has 0 fully saturated rings. The summed E-state index contributed by atoms with van der Waals surface area (Å²) < 4.78 is 5.20. The van der Waals surface area contributed by atoms with Crippen molar-refractivity contribution in [2.24, 2.45) is 5.10 Å². The zero-order valence-electron chi connectivity index (χ0n) is 14.1. The van der Waals surface area contributed by atoms with Gasteiger partial charge in [-0.2, -0.15) is 5.10 Å². The van der Waals surface area contributed by atoms with Gasteiger partial charge in [-0.15, -0.1) is 0 Å². The van der Waals surface area contributed by atoms with Gasteiger partial charge < -0.3 is 9.72 Å². The zero-order chi connectivity index (χ0) is 17.4. The number of carbonyl (C=O) groups is 1. The summed E-state index contributed by atoms with van der Waals surface area (Å²) >= 11 is 0. The minimum atomic E-state index is -0.220. The highest BCUT2D eigenvalue weighted by molar-refractivity contribution is 6.03. The smallest absolute Gasteiger partial charge is 0.240 e. The van der Waals surface area contributed by atoms with Crippen molar-refractivity contribution >= 4 is 22.7 Å². The van der Waals surface area contributed by atoms with Crippen LogP contribution in [-0.4, -0.2) is 33.7 Å². The van der Waals surface area contributed by atoms with E-state index in [0.29, 0.717) is 6.42 Å². The second-order valence-corrected chi connectivity index (χ2v) is 6.00. The summed E-state index contributed by atoms with van der Waals surface area (Å²) in [6.45, 7) is 1.52. The van der Waals surface area contributed by atoms with Gasteiger partial charge in [0.1, 0.15) is 17.6 Å². The van der Waals surface area contributed by atoms with Crippen LogP contribution < -0.4 is 4.74 Å². The molecule has 126 valence electrons. The monoisotopic (exact) mass is 334 g/mol. The Morgan fingerprint density at radius 1 is 1.20 bits per heavy atom. The number of hydrazone groups is 1. The second-order valence-electron chi connectivity index (χ2n) is 6.00. The van der Waals surface area contributed by atoms with Crippen LogP contribution in [0.2, 0.25) is 0 Å². The Morgan fingerprint density at radius 2 is 1.96 bits per heavy atom. The number of nitrogens with zero attached hydrogens (tertiary/aromatic N) is 3. The number of benzene rings is 2. The van der Waals surface area contributed by atoms with Crippen LogP contribution in [0.1, 0.15) is 30.8 Å². The number of methoxy groups -OCH3 is 1. The van der Waals surface area contributed by atoms with Crippen LogP contribution in [0, 0.1) is 0 Å². The molecule has 1 amide bonds. The molecule has 0 saturated carbocycles. The summed E-state index contributed by atoms with van der Waals surface area (Å²) in [5.41, 5.74) is 3.69. The predicted octanol–water partition coefficient (Wildman–Crippen LogP) is 3.27. The molecule has 1 atom stereocenters. The van der Waals surface area contributed by atoms with Gasteiger partial charge in [-0.25, -0.2) is 9.99 Å². The summed E-state index contributed by atoms with van der Waals surface area (Å²) in [5.74, 6) is 1.44. The molecule has 25 heavy (non-hydrogen) atoms. The molecular weight excluding hydrogens is 316 g/mol. The topological polar surface area (TPSA) is 70.6 Å². The average Bonchev–Trinajstić information content (AvgIpc) is 3.26. The maximum absolute atomic E-state index is 12.1. The van der Waals surface area contributed by atoms with E-state index >= 15 is 0 Å². The van der Waals surface area contributed by atoms with E-state index in [0.717, 1.165) is 33.9 Å². The predicted molar refractivity (Wildman–Crippen MR) is 95.5 cm³/mol. The lowest BCUT2D eigenvalue weighted by molar-refractivity contribution is -0.130. The average molecular weight is 334 g/mol. The van der Waals surface area contributed by atoms with E-state index in [1.165, 1.54) is 11.9 Å². The van der Waals surface area contributed by atoms with Gasteiger partial charge in [-0.3, -0.25) is 4.79 Å². The molecule has 0 saturated heterocycles. The highest BCUT2D eigenvalue weighted by atomic mass is 16.5. The van der Waals surface area contributed by atoms with E-state index in [1.807, 2.05) is 48.5 Å². The first-order valence-corrected chi connectivity index (χ1v) is 8.12. The minimum Gasteiger partial charge on any atom is -0.497 e. The van der Waals surface area contributed by atoms with Crippen molar-refractivity contribution in [1.82, 2.24) is 15.0 Å². The summed E-state index contributed by atoms with van der Waals surface area (Å²) in [6.07, 6.45) is 0.617. The second kappa shape index (κ2) is 6.05. The first-order chi connectivity index (χ1) is 12.2. The Balaban J connectivity index is 1.68. The molecule has 2 heterocycles. The fourth-order valence-electron chi connectivity index (χ4n) is 3.10. The summed E-state index contributed by atoms with van der Waals surface area (Å²) in [5, 5.41) is 6.05. The summed E-state index contributed by atoms with van der Waals surface area (Å²) in [4.78, 5) is 20.0. The van der Waals surface area contributed by atoms with E-state index in [-0.39, 0.29) is 11.9 Å². The molecular formula is C19H18N4O2. The molecule has 3 aromatic rings. The quantitative estimate of drug-likeness (QED) is 0.799. The number of hydrogen-bond donors (Lipinski definition) is 1. The molecule has 6 heteroatoms. The van der Waals surface area contributed by atoms with Gasteiger partial charge in [0.15, 0.2) is 0 Å². The van der Waals surface area contributed by atoms with Crippen LogP contribution in [0.3, 0.4) is 0 Å². The fourth-order valence-corrected chi connectivity index (χ4v) is 3.10. The van der Waals surface area contributed by atoms with Gasteiger partial charge in [-0.1, -0.05) is 12.1 Å². The summed E-state index contributed by atoms with van der Waals surface area (Å²) in [6, 6.07) is 15.3. The van der Waals surface area contributed by atoms with Gasteiger partial charge in [0.25, 0.3) is 0 Å². The Hall–Kier alpha value is -3.15. The minimum absolute atomic E-state index is 0.103. The molecule has 1 aromatic heterocycles. The zero-order valence-corrected chi connectivity index (χ0v) is 14.1. The van der Waals surface area contributed by atoms with Gasteiger partial charge in [0, 0.05) is 13.3 Å². The molecule has 1 aliphatic rings. The first-order valence-electron chi connectivity index (χ1n) is 8.12. The van der Waals surface area contributed by atoms with E-state index in [4.69, 9.17) is 4.74 Å². The van der Waals surface area contributed by atoms with Crippen LogP contribution >= 0.6 is 0 Å². The Labute approximate surface area is 145 Å². The molecule has 0 radical (unpaired) electrons. The molecule has 0 aliphatic carbocycles. The normalized spacial score (nSPS) is 17.0. The van der Waals surface area contributed by atoms with Gasteiger partial charge in [0.05, 0.1) is 23.9 Å². The lowest BCUT2D eigenvalue weighted by Crippen LogP contribution is -2.25. The standard InChI is InChI=1S/C19H18N4O2/c1-12(24)23-18(19-20-15-5-3-4-6-16(15)21-19)11-17(22-23)13-7-9-14(25-2)10-8-13/h3-10,18H,11H2,1-2H3,(H,20,21)/t18-/m0/s1. The Morgan fingerprint density at radius 3 is 2.64 bits per heavy atom. The maximum atomic E-state index is 12.1. The third-order valence-corrected chi connectivity index (χ3v) is 4.38. The molecule has 4 rings (SSSR count). The molecule has 0 unspecified atom stereocenters. The highest BCUT2D eigenvalue weighted by Gasteiger charge is 2.33. The number of aromatic nitrogens is 2. The molecule has 0 spiro atoms. The van der Waals surface area contributed by atoms with E-state index in [1.54, 1.807) is 7.11 Å². The van der Waals surface area contributed by atoms with Gasteiger partial charge in [0.2, 0.25) is 5.91 Å². The van der Waals surface area contributed by atoms with Gasteiger partial charge in [-0.05, 0) is 42.0 Å². The van der Waals surface area contributed by atoms with Crippen molar-refractivity contribution in [3.8, 4) is 5.75 Å². The number of nitrogens with one attached hydrogen (secondary N) is 1.